The van der Waals surface area contributed by atoms with Crippen molar-refractivity contribution in [3.8, 4) is 0 Å². The lowest BCUT2D eigenvalue weighted by Crippen LogP contribution is -2.21. The van der Waals surface area contributed by atoms with E-state index in [9.17, 15) is 9.59 Å². The number of carbonyl (C=O) groups is 1. The van der Waals surface area contributed by atoms with Crippen molar-refractivity contribution in [2.45, 2.75) is 50.9 Å². The molecule has 1 aliphatic carbocycles. The van der Waals surface area contributed by atoms with E-state index < -0.39 is 11.5 Å². The summed E-state index contributed by atoms with van der Waals surface area (Å²) in [6, 6.07) is 0. The van der Waals surface area contributed by atoms with Gasteiger partial charge in [0.2, 0.25) is 0 Å². The molecule has 0 aliphatic heterocycles. The first kappa shape index (κ1) is 12.8. The predicted octanol–water partition coefficient (Wildman–Crippen LogP) is 2.30. The van der Waals surface area contributed by atoms with Gasteiger partial charge >= 0.3 is 5.97 Å². The molecule has 0 radical (unpaired) electrons. The normalized spacial score (nSPS) is 18.0. The highest BCUT2D eigenvalue weighted by Crippen LogP contribution is 2.28. The molecule has 98 valence electrons. The fourth-order valence-corrected chi connectivity index (χ4v) is 2.50. The summed E-state index contributed by atoms with van der Waals surface area (Å²) in [5.74, 6) is -0.319. The summed E-state index contributed by atoms with van der Waals surface area (Å²) in [6.07, 6.45) is 9.26. The summed E-state index contributed by atoms with van der Waals surface area (Å²) < 4.78 is 0. The highest BCUT2D eigenvalue weighted by atomic mass is 16.4. The van der Waals surface area contributed by atoms with Gasteiger partial charge in [0, 0.05) is 12.1 Å². The molecule has 0 aromatic carbocycles. The van der Waals surface area contributed by atoms with Gasteiger partial charge in [0.15, 0.2) is 0 Å². The maximum Gasteiger partial charge on any atom is 0.342 e. The van der Waals surface area contributed by atoms with Crippen molar-refractivity contribution in [3.05, 3.63) is 27.9 Å². The first-order valence-corrected chi connectivity index (χ1v) is 6.51. The molecule has 5 heteroatoms. The standard InChI is InChI=1S/C13H18N2O3/c16-12-10(13(17)18)8-14-11(15-12)9-6-4-2-1-3-5-7-9/h8-9H,1-7H2,(H,17,18)(H,14,15,16). The fourth-order valence-electron chi connectivity index (χ4n) is 2.50. The number of aromatic nitrogens is 2. The number of aromatic carboxylic acids is 1. The molecule has 5 nitrogen and oxygen atoms in total. The van der Waals surface area contributed by atoms with Gasteiger partial charge < -0.3 is 10.1 Å². The van der Waals surface area contributed by atoms with Crippen LogP contribution in [0.25, 0.3) is 0 Å². The van der Waals surface area contributed by atoms with Crippen molar-refractivity contribution in [3.63, 3.8) is 0 Å². The van der Waals surface area contributed by atoms with Crippen molar-refractivity contribution in [2.24, 2.45) is 0 Å². The maximum atomic E-state index is 11.6. The lowest BCUT2D eigenvalue weighted by Gasteiger charge is -2.18. The van der Waals surface area contributed by atoms with Crippen LogP contribution in [0.1, 0.15) is 67.0 Å². The largest absolute Gasteiger partial charge is 0.477 e. The second kappa shape index (κ2) is 5.80. The molecule has 1 aromatic rings. The van der Waals surface area contributed by atoms with E-state index in [1.54, 1.807) is 0 Å². The van der Waals surface area contributed by atoms with Crippen molar-refractivity contribution in [1.82, 2.24) is 9.97 Å². The Morgan fingerprint density at radius 1 is 1.22 bits per heavy atom. The van der Waals surface area contributed by atoms with E-state index in [-0.39, 0.29) is 11.5 Å². The van der Waals surface area contributed by atoms with Crippen LogP contribution in [0.15, 0.2) is 11.0 Å². The third-order valence-corrected chi connectivity index (χ3v) is 3.54. The summed E-state index contributed by atoms with van der Waals surface area (Å²) in [5, 5.41) is 8.79. The minimum absolute atomic E-state index is 0.265. The number of rotatable bonds is 2. The first-order chi connectivity index (χ1) is 8.68. The Labute approximate surface area is 105 Å². The summed E-state index contributed by atoms with van der Waals surface area (Å²) in [4.78, 5) is 29.1. The van der Waals surface area contributed by atoms with Crippen LogP contribution in [0.3, 0.4) is 0 Å². The number of nitrogens with one attached hydrogen (secondary N) is 1. The van der Waals surface area contributed by atoms with E-state index in [2.05, 4.69) is 9.97 Å². The van der Waals surface area contributed by atoms with Crippen LogP contribution in [0.5, 0.6) is 0 Å². The van der Waals surface area contributed by atoms with Gasteiger partial charge in [-0.2, -0.15) is 0 Å². The molecule has 1 heterocycles. The third kappa shape index (κ3) is 2.97. The van der Waals surface area contributed by atoms with Crippen LogP contribution >= 0.6 is 0 Å². The van der Waals surface area contributed by atoms with Crippen LogP contribution in [0.2, 0.25) is 0 Å². The molecule has 2 rings (SSSR count). The van der Waals surface area contributed by atoms with E-state index in [0.717, 1.165) is 25.7 Å². The summed E-state index contributed by atoms with van der Waals surface area (Å²) in [7, 11) is 0. The maximum absolute atomic E-state index is 11.6. The van der Waals surface area contributed by atoms with Gasteiger partial charge in [0.1, 0.15) is 11.4 Å². The second-order valence-electron chi connectivity index (χ2n) is 4.86. The molecular weight excluding hydrogens is 232 g/mol. The molecule has 0 spiro atoms. The monoisotopic (exact) mass is 250 g/mol. The van der Waals surface area contributed by atoms with E-state index in [1.165, 1.54) is 25.5 Å². The zero-order valence-corrected chi connectivity index (χ0v) is 10.3. The van der Waals surface area contributed by atoms with Crippen LogP contribution in [-0.2, 0) is 0 Å². The second-order valence-corrected chi connectivity index (χ2v) is 4.86. The van der Waals surface area contributed by atoms with E-state index in [1.807, 2.05) is 0 Å². The molecule has 18 heavy (non-hydrogen) atoms. The van der Waals surface area contributed by atoms with Gasteiger partial charge in [-0.1, -0.05) is 32.1 Å². The average molecular weight is 250 g/mol. The Morgan fingerprint density at radius 3 is 2.39 bits per heavy atom. The Bertz CT molecular complexity index is 473. The van der Waals surface area contributed by atoms with Gasteiger partial charge in [-0.05, 0) is 12.8 Å². The lowest BCUT2D eigenvalue weighted by atomic mass is 9.90. The topological polar surface area (TPSA) is 83.0 Å². The highest BCUT2D eigenvalue weighted by Gasteiger charge is 2.17. The number of aromatic amines is 1. The molecular formula is C13H18N2O3. The lowest BCUT2D eigenvalue weighted by molar-refractivity contribution is 0.0694. The molecule has 1 saturated carbocycles. The van der Waals surface area contributed by atoms with E-state index in [4.69, 9.17) is 5.11 Å². The number of hydrogen-bond donors (Lipinski definition) is 2. The van der Waals surface area contributed by atoms with E-state index >= 15 is 0 Å². The quantitative estimate of drug-likeness (QED) is 0.843. The van der Waals surface area contributed by atoms with Gasteiger partial charge in [0.25, 0.3) is 5.56 Å². The number of H-pyrrole nitrogens is 1. The van der Waals surface area contributed by atoms with Gasteiger partial charge in [-0.25, -0.2) is 9.78 Å². The Kier molecular flexibility index (Phi) is 4.12. The molecule has 1 aliphatic rings. The van der Waals surface area contributed by atoms with Crippen LogP contribution in [-0.4, -0.2) is 21.0 Å². The summed E-state index contributed by atoms with van der Waals surface area (Å²) in [5.41, 5.74) is -0.834. The van der Waals surface area contributed by atoms with Gasteiger partial charge in [-0.15, -0.1) is 0 Å². The van der Waals surface area contributed by atoms with Gasteiger partial charge in [-0.3, -0.25) is 4.79 Å². The van der Waals surface area contributed by atoms with Crippen LogP contribution in [0, 0.1) is 0 Å². The highest BCUT2D eigenvalue weighted by molar-refractivity contribution is 5.86. The third-order valence-electron chi connectivity index (χ3n) is 3.54. The summed E-state index contributed by atoms with van der Waals surface area (Å²) >= 11 is 0. The Balaban J connectivity index is 2.19. The molecule has 0 saturated heterocycles. The number of nitrogens with zero attached hydrogens (tertiary/aromatic N) is 1. The van der Waals surface area contributed by atoms with Crippen LogP contribution in [0.4, 0.5) is 0 Å². The minimum atomic E-state index is -1.23. The van der Waals surface area contributed by atoms with Crippen molar-refractivity contribution in [1.29, 1.82) is 0 Å². The average Bonchev–Trinajstić information content (AvgIpc) is 2.27. The molecule has 0 atom stereocenters. The van der Waals surface area contributed by atoms with Gasteiger partial charge in [0.05, 0.1) is 0 Å². The van der Waals surface area contributed by atoms with Crippen molar-refractivity contribution < 1.29 is 9.90 Å². The van der Waals surface area contributed by atoms with Crippen LogP contribution < -0.4 is 5.56 Å². The molecule has 2 N–H and O–H groups in total. The Morgan fingerprint density at radius 2 is 1.83 bits per heavy atom. The van der Waals surface area contributed by atoms with Crippen molar-refractivity contribution in [2.75, 3.05) is 0 Å². The SMILES string of the molecule is O=C(O)c1cnc(C2CCCCCCC2)[nH]c1=O. The fraction of sp³-hybridized carbons (Fsp3) is 0.615. The number of carboxylic acids is 1. The number of carboxylic acid groups (broad SMARTS) is 1. The molecule has 0 unspecified atom stereocenters. The Hall–Kier alpha value is -1.65. The predicted molar refractivity (Wildman–Crippen MR) is 66.9 cm³/mol. The summed E-state index contributed by atoms with van der Waals surface area (Å²) in [6.45, 7) is 0. The minimum Gasteiger partial charge on any atom is -0.477 e. The molecule has 1 aromatic heterocycles. The molecule has 0 amide bonds. The number of hydrogen-bond acceptors (Lipinski definition) is 3. The smallest absolute Gasteiger partial charge is 0.342 e. The molecule has 0 bridgehead atoms. The molecule has 1 fully saturated rings. The van der Waals surface area contributed by atoms with Crippen molar-refractivity contribution >= 4 is 5.97 Å². The first-order valence-electron chi connectivity index (χ1n) is 6.51. The zero-order chi connectivity index (χ0) is 13.0. The van der Waals surface area contributed by atoms with E-state index in [0.29, 0.717) is 5.82 Å². The zero-order valence-electron chi connectivity index (χ0n) is 10.3.